The lowest BCUT2D eigenvalue weighted by molar-refractivity contribution is 0.343. The Morgan fingerprint density at radius 3 is 2.82 bits per heavy atom. The average Bonchev–Trinajstić information content (AvgIpc) is 3.42. The van der Waals surface area contributed by atoms with Crippen molar-refractivity contribution < 1.29 is 4.74 Å². The molecule has 0 N–H and O–H groups in total. The monoisotopic (exact) mass is 379 g/mol. The summed E-state index contributed by atoms with van der Waals surface area (Å²) in [5.41, 5.74) is 0. The van der Waals surface area contributed by atoms with Crippen molar-refractivity contribution >= 4 is 27.7 Å². The minimum absolute atomic E-state index is 0.652. The molecule has 0 saturated heterocycles. The molecule has 22 heavy (non-hydrogen) atoms. The molecule has 0 spiro atoms. The minimum atomic E-state index is 0.652. The van der Waals surface area contributed by atoms with Gasteiger partial charge in [0.15, 0.2) is 5.16 Å². The molecule has 0 unspecified atom stereocenters. The van der Waals surface area contributed by atoms with E-state index in [4.69, 9.17) is 4.74 Å². The van der Waals surface area contributed by atoms with Crippen LogP contribution in [0, 0.1) is 0 Å². The molecule has 2 aromatic rings. The fourth-order valence-electron chi connectivity index (χ4n) is 2.53. The lowest BCUT2D eigenvalue weighted by atomic mass is 10.3. The summed E-state index contributed by atoms with van der Waals surface area (Å²) in [6.07, 6.45) is 5.11. The smallest absolute Gasteiger partial charge is 0.191 e. The Balaban J connectivity index is 1.34. The first-order valence-electron chi connectivity index (χ1n) is 7.77. The molecule has 0 bridgehead atoms. The molecule has 2 aliphatic carbocycles. The van der Waals surface area contributed by atoms with Crippen LogP contribution in [0.5, 0.6) is 5.75 Å². The molecular weight excluding hydrogens is 362 g/mol. The Labute approximate surface area is 142 Å². The number of benzene rings is 1. The standard InChI is InChI=1S/C16H18BrN3OS/c17-12-2-1-3-14(10-12)21-8-9-22-16-19-18-15(11-4-5-11)20(16)13-6-7-13/h1-3,10-11,13H,4-9H2. The van der Waals surface area contributed by atoms with Gasteiger partial charge in [-0.3, -0.25) is 0 Å². The van der Waals surface area contributed by atoms with Gasteiger partial charge in [-0.05, 0) is 43.9 Å². The second-order valence-electron chi connectivity index (χ2n) is 5.87. The zero-order chi connectivity index (χ0) is 14.9. The summed E-state index contributed by atoms with van der Waals surface area (Å²) in [5.74, 6) is 3.68. The van der Waals surface area contributed by atoms with Gasteiger partial charge in [0.1, 0.15) is 11.6 Å². The predicted octanol–water partition coefficient (Wildman–Crippen LogP) is 4.42. The number of ether oxygens (including phenoxy) is 1. The molecule has 0 atom stereocenters. The maximum Gasteiger partial charge on any atom is 0.191 e. The molecule has 0 radical (unpaired) electrons. The SMILES string of the molecule is Brc1cccc(OCCSc2nnc(C3CC3)n2C2CC2)c1. The van der Waals surface area contributed by atoms with Gasteiger partial charge in [-0.25, -0.2) is 0 Å². The number of aromatic nitrogens is 3. The summed E-state index contributed by atoms with van der Waals surface area (Å²) in [7, 11) is 0. The third kappa shape index (κ3) is 3.33. The highest BCUT2D eigenvalue weighted by Crippen LogP contribution is 2.45. The maximum atomic E-state index is 5.78. The van der Waals surface area contributed by atoms with E-state index in [0.717, 1.165) is 21.1 Å². The van der Waals surface area contributed by atoms with E-state index in [1.807, 2.05) is 24.3 Å². The molecule has 0 aliphatic heterocycles. The summed E-state index contributed by atoms with van der Waals surface area (Å²) < 4.78 is 9.22. The van der Waals surface area contributed by atoms with Gasteiger partial charge in [0, 0.05) is 22.2 Å². The van der Waals surface area contributed by atoms with E-state index in [1.54, 1.807) is 11.8 Å². The van der Waals surface area contributed by atoms with Crippen LogP contribution in [-0.2, 0) is 0 Å². The van der Waals surface area contributed by atoms with Crippen molar-refractivity contribution in [2.45, 2.75) is 42.8 Å². The van der Waals surface area contributed by atoms with E-state index >= 15 is 0 Å². The maximum absolute atomic E-state index is 5.78. The molecule has 0 amide bonds. The Morgan fingerprint density at radius 1 is 1.23 bits per heavy atom. The van der Waals surface area contributed by atoms with Crippen molar-refractivity contribution in [3.05, 3.63) is 34.6 Å². The highest BCUT2D eigenvalue weighted by molar-refractivity contribution is 9.10. The first-order chi connectivity index (χ1) is 10.8. The lowest BCUT2D eigenvalue weighted by Gasteiger charge is -2.09. The predicted molar refractivity (Wildman–Crippen MR) is 90.6 cm³/mol. The third-order valence-electron chi connectivity index (χ3n) is 3.92. The van der Waals surface area contributed by atoms with Crippen molar-refractivity contribution in [3.8, 4) is 5.75 Å². The molecule has 4 nitrogen and oxygen atoms in total. The van der Waals surface area contributed by atoms with E-state index in [1.165, 1.54) is 31.5 Å². The van der Waals surface area contributed by atoms with E-state index < -0.39 is 0 Å². The van der Waals surface area contributed by atoms with Gasteiger partial charge in [0.25, 0.3) is 0 Å². The van der Waals surface area contributed by atoms with Crippen LogP contribution in [0.1, 0.15) is 43.5 Å². The largest absolute Gasteiger partial charge is 0.493 e. The summed E-state index contributed by atoms with van der Waals surface area (Å²) >= 11 is 5.21. The van der Waals surface area contributed by atoms with Crippen LogP contribution in [-0.4, -0.2) is 27.1 Å². The van der Waals surface area contributed by atoms with Gasteiger partial charge < -0.3 is 9.30 Å². The summed E-state index contributed by atoms with van der Waals surface area (Å²) in [6.45, 7) is 0.678. The molecule has 6 heteroatoms. The third-order valence-corrected chi connectivity index (χ3v) is 5.33. The highest BCUT2D eigenvalue weighted by atomic mass is 79.9. The second-order valence-corrected chi connectivity index (χ2v) is 7.85. The van der Waals surface area contributed by atoms with Crippen LogP contribution in [0.3, 0.4) is 0 Å². The zero-order valence-electron chi connectivity index (χ0n) is 12.2. The van der Waals surface area contributed by atoms with Gasteiger partial charge in [-0.2, -0.15) is 0 Å². The van der Waals surface area contributed by atoms with Crippen molar-refractivity contribution in [1.29, 1.82) is 0 Å². The van der Waals surface area contributed by atoms with Crippen LogP contribution in [0.2, 0.25) is 0 Å². The number of hydrogen-bond donors (Lipinski definition) is 0. The molecule has 2 fully saturated rings. The van der Waals surface area contributed by atoms with Crippen molar-refractivity contribution in [1.82, 2.24) is 14.8 Å². The molecule has 1 aromatic carbocycles. The average molecular weight is 380 g/mol. The number of halogens is 1. The first-order valence-corrected chi connectivity index (χ1v) is 9.55. The second kappa shape index (κ2) is 6.24. The first kappa shape index (κ1) is 14.6. The van der Waals surface area contributed by atoms with Gasteiger partial charge in [0.2, 0.25) is 0 Å². The van der Waals surface area contributed by atoms with Crippen molar-refractivity contribution in [2.75, 3.05) is 12.4 Å². The van der Waals surface area contributed by atoms with Crippen LogP contribution in [0.4, 0.5) is 0 Å². The van der Waals surface area contributed by atoms with Gasteiger partial charge in [-0.15, -0.1) is 10.2 Å². The summed E-state index contributed by atoms with van der Waals surface area (Å²) in [4.78, 5) is 0. The molecule has 1 aromatic heterocycles. The molecule has 1 heterocycles. The fraction of sp³-hybridized carbons (Fsp3) is 0.500. The molecule has 116 valence electrons. The quantitative estimate of drug-likeness (QED) is 0.527. The van der Waals surface area contributed by atoms with Crippen LogP contribution in [0.25, 0.3) is 0 Å². The van der Waals surface area contributed by atoms with Crippen LogP contribution >= 0.6 is 27.7 Å². The number of rotatable bonds is 7. The Hall–Kier alpha value is -1.01. The van der Waals surface area contributed by atoms with Crippen LogP contribution in [0.15, 0.2) is 33.9 Å². The Bertz CT molecular complexity index is 667. The molecule has 2 saturated carbocycles. The Morgan fingerprint density at radius 2 is 2.09 bits per heavy atom. The topological polar surface area (TPSA) is 39.9 Å². The summed E-state index contributed by atoms with van der Waals surface area (Å²) in [5, 5.41) is 9.91. The van der Waals surface area contributed by atoms with E-state index in [0.29, 0.717) is 18.6 Å². The number of hydrogen-bond acceptors (Lipinski definition) is 4. The van der Waals surface area contributed by atoms with E-state index in [2.05, 4.69) is 30.7 Å². The zero-order valence-corrected chi connectivity index (χ0v) is 14.6. The number of nitrogens with zero attached hydrogens (tertiary/aromatic N) is 3. The summed E-state index contributed by atoms with van der Waals surface area (Å²) in [6, 6.07) is 8.60. The fourth-order valence-corrected chi connectivity index (χ4v) is 3.74. The van der Waals surface area contributed by atoms with Gasteiger partial charge in [-0.1, -0.05) is 33.8 Å². The van der Waals surface area contributed by atoms with Crippen molar-refractivity contribution in [3.63, 3.8) is 0 Å². The number of thioether (sulfide) groups is 1. The normalized spacial score (nSPS) is 17.7. The Kier molecular flexibility index (Phi) is 4.13. The van der Waals surface area contributed by atoms with E-state index in [-0.39, 0.29) is 0 Å². The van der Waals surface area contributed by atoms with Gasteiger partial charge >= 0.3 is 0 Å². The van der Waals surface area contributed by atoms with Crippen molar-refractivity contribution in [2.24, 2.45) is 0 Å². The highest BCUT2D eigenvalue weighted by Gasteiger charge is 2.36. The van der Waals surface area contributed by atoms with Crippen LogP contribution < -0.4 is 4.74 Å². The molecular formula is C16H18BrN3OS. The lowest BCUT2D eigenvalue weighted by Crippen LogP contribution is -2.04. The molecule has 2 aliphatic rings. The van der Waals surface area contributed by atoms with Gasteiger partial charge in [0.05, 0.1) is 6.61 Å². The van der Waals surface area contributed by atoms with E-state index in [9.17, 15) is 0 Å². The minimum Gasteiger partial charge on any atom is -0.493 e. The molecule has 4 rings (SSSR count).